The second kappa shape index (κ2) is 5.14. The van der Waals surface area contributed by atoms with Crippen molar-refractivity contribution in [3.05, 3.63) is 35.6 Å². The zero-order valence-corrected chi connectivity index (χ0v) is 10.3. The molecule has 2 rings (SSSR count). The molecule has 0 saturated carbocycles. The molecule has 1 atom stereocenters. The van der Waals surface area contributed by atoms with Gasteiger partial charge < -0.3 is 5.32 Å². The molecule has 0 aromatic heterocycles. The average Bonchev–Trinajstić information content (AvgIpc) is 2.33. The Morgan fingerprint density at radius 1 is 1.29 bits per heavy atom. The molecule has 0 radical (unpaired) electrons. The predicted molar refractivity (Wildman–Crippen MR) is 64.9 cm³/mol. The second-order valence-electron chi connectivity index (χ2n) is 4.40. The van der Waals surface area contributed by atoms with Gasteiger partial charge in [0, 0.05) is 6.54 Å². The summed E-state index contributed by atoms with van der Waals surface area (Å²) in [4.78, 5) is 0. The van der Waals surface area contributed by atoms with Crippen molar-refractivity contribution in [2.75, 3.05) is 13.1 Å². The van der Waals surface area contributed by atoms with Gasteiger partial charge in [-0.2, -0.15) is 0 Å². The van der Waals surface area contributed by atoms with Crippen LogP contribution in [0.5, 0.6) is 0 Å². The lowest BCUT2D eigenvalue weighted by molar-refractivity contribution is 0.496. The standard InChI is InChI=1S/C12H16FNO2S/c13-11-5-3-10(4-6-11)9-17(15,16)12-2-1-7-14-8-12/h3-6,12,14H,1-2,7-9H2. The number of rotatable bonds is 3. The lowest BCUT2D eigenvalue weighted by Crippen LogP contribution is -2.39. The second-order valence-corrected chi connectivity index (χ2v) is 6.68. The van der Waals surface area contributed by atoms with Gasteiger partial charge in [-0.25, -0.2) is 12.8 Å². The van der Waals surface area contributed by atoms with Crippen LogP contribution in [0, 0.1) is 5.82 Å². The molecule has 1 aromatic rings. The van der Waals surface area contributed by atoms with Gasteiger partial charge in [-0.3, -0.25) is 0 Å². The lowest BCUT2D eigenvalue weighted by Gasteiger charge is -2.22. The zero-order chi connectivity index (χ0) is 12.3. The molecule has 17 heavy (non-hydrogen) atoms. The van der Waals surface area contributed by atoms with Crippen molar-refractivity contribution < 1.29 is 12.8 Å². The fraction of sp³-hybridized carbons (Fsp3) is 0.500. The highest BCUT2D eigenvalue weighted by atomic mass is 32.2. The van der Waals surface area contributed by atoms with E-state index < -0.39 is 9.84 Å². The number of nitrogens with one attached hydrogen (secondary N) is 1. The van der Waals surface area contributed by atoms with Crippen LogP contribution < -0.4 is 5.32 Å². The van der Waals surface area contributed by atoms with Gasteiger partial charge in [0.05, 0.1) is 11.0 Å². The normalized spacial score (nSPS) is 21.4. The Labute approximate surface area is 101 Å². The van der Waals surface area contributed by atoms with Crippen LogP contribution >= 0.6 is 0 Å². The van der Waals surface area contributed by atoms with E-state index in [1.54, 1.807) is 0 Å². The van der Waals surface area contributed by atoms with Crippen molar-refractivity contribution in [2.24, 2.45) is 0 Å². The molecule has 1 N–H and O–H groups in total. The summed E-state index contributed by atoms with van der Waals surface area (Å²) in [5.41, 5.74) is 0.650. The van der Waals surface area contributed by atoms with Crippen LogP contribution in [0.25, 0.3) is 0 Å². The van der Waals surface area contributed by atoms with Crippen molar-refractivity contribution >= 4 is 9.84 Å². The number of hydrogen-bond donors (Lipinski definition) is 1. The molecule has 0 amide bonds. The van der Waals surface area contributed by atoms with E-state index in [0.717, 1.165) is 19.4 Å². The van der Waals surface area contributed by atoms with Crippen molar-refractivity contribution in [1.29, 1.82) is 0 Å². The Morgan fingerprint density at radius 3 is 2.59 bits per heavy atom. The highest BCUT2D eigenvalue weighted by Gasteiger charge is 2.27. The van der Waals surface area contributed by atoms with Crippen LogP contribution in [0.1, 0.15) is 18.4 Å². The van der Waals surface area contributed by atoms with E-state index in [9.17, 15) is 12.8 Å². The molecule has 1 aromatic carbocycles. The molecule has 94 valence electrons. The summed E-state index contributed by atoms with van der Waals surface area (Å²) in [7, 11) is -3.13. The van der Waals surface area contributed by atoms with E-state index >= 15 is 0 Å². The molecule has 3 nitrogen and oxygen atoms in total. The Bertz CT molecular complexity index is 464. The van der Waals surface area contributed by atoms with Gasteiger partial charge in [-0.1, -0.05) is 12.1 Å². The molecule has 0 aliphatic carbocycles. The first-order valence-corrected chi connectivity index (χ1v) is 7.46. The Balaban J connectivity index is 2.08. The van der Waals surface area contributed by atoms with Gasteiger partial charge >= 0.3 is 0 Å². The van der Waals surface area contributed by atoms with Crippen LogP contribution in [0.4, 0.5) is 4.39 Å². The van der Waals surface area contributed by atoms with Crippen LogP contribution in [0.2, 0.25) is 0 Å². The van der Waals surface area contributed by atoms with Crippen LogP contribution in [-0.4, -0.2) is 26.8 Å². The topological polar surface area (TPSA) is 46.2 Å². The monoisotopic (exact) mass is 257 g/mol. The summed E-state index contributed by atoms with van der Waals surface area (Å²) in [6.07, 6.45) is 1.61. The smallest absolute Gasteiger partial charge is 0.158 e. The molecule has 0 spiro atoms. The van der Waals surface area contributed by atoms with Crippen LogP contribution in [0.15, 0.2) is 24.3 Å². The quantitative estimate of drug-likeness (QED) is 0.892. The van der Waals surface area contributed by atoms with Gasteiger partial charge in [0.15, 0.2) is 9.84 Å². The van der Waals surface area contributed by atoms with E-state index in [1.807, 2.05) is 0 Å². The van der Waals surface area contributed by atoms with E-state index in [-0.39, 0.29) is 16.8 Å². The highest BCUT2D eigenvalue weighted by molar-refractivity contribution is 7.91. The molecule has 1 saturated heterocycles. The fourth-order valence-electron chi connectivity index (χ4n) is 2.06. The SMILES string of the molecule is O=S(=O)(Cc1ccc(F)cc1)C1CCCNC1. The van der Waals surface area contributed by atoms with Crippen molar-refractivity contribution in [1.82, 2.24) is 5.32 Å². The Kier molecular flexibility index (Phi) is 3.79. The molecule has 1 heterocycles. The van der Waals surface area contributed by atoms with Gasteiger partial charge in [-0.05, 0) is 37.1 Å². The van der Waals surface area contributed by atoms with Gasteiger partial charge in [-0.15, -0.1) is 0 Å². The Hall–Kier alpha value is -0.940. The molecule has 5 heteroatoms. The zero-order valence-electron chi connectivity index (χ0n) is 9.52. The maximum atomic E-state index is 12.7. The van der Waals surface area contributed by atoms with Crippen molar-refractivity contribution in [2.45, 2.75) is 23.8 Å². The molecular formula is C12H16FNO2S. The number of hydrogen-bond acceptors (Lipinski definition) is 3. The molecule has 1 aliphatic heterocycles. The predicted octanol–water partition coefficient (Wildman–Crippen LogP) is 1.49. The first kappa shape index (κ1) is 12.5. The van der Waals surface area contributed by atoms with Crippen LogP contribution in [0.3, 0.4) is 0 Å². The summed E-state index contributed by atoms with van der Waals surface area (Å²) in [6.45, 7) is 1.42. The Morgan fingerprint density at radius 2 is 2.00 bits per heavy atom. The highest BCUT2D eigenvalue weighted by Crippen LogP contribution is 2.17. The van der Waals surface area contributed by atoms with Gasteiger partial charge in [0.1, 0.15) is 5.82 Å². The maximum absolute atomic E-state index is 12.7. The molecule has 1 unspecified atom stereocenters. The number of halogens is 1. The minimum absolute atomic E-state index is 0.000370. The first-order chi connectivity index (χ1) is 8.08. The van der Waals surface area contributed by atoms with Crippen molar-refractivity contribution in [3.8, 4) is 0 Å². The summed E-state index contributed by atoms with van der Waals surface area (Å²) < 4.78 is 36.9. The van der Waals surface area contributed by atoms with E-state index in [1.165, 1.54) is 24.3 Å². The average molecular weight is 257 g/mol. The molecular weight excluding hydrogens is 241 g/mol. The maximum Gasteiger partial charge on any atom is 0.158 e. The summed E-state index contributed by atoms with van der Waals surface area (Å²) in [5.74, 6) is -0.343. The third-order valence-electron chi connectivity index (χ3n) is 3.04. The van der Waals surface area contributed by atoms with Gasteiger partial charge in [0.2, 0.25) is 0 Å². The molecule has 0 bridgehead atoms. The minimum atomic E-state index is -3.13. The van der Waals surface area contributed by atoms with E-state index in [0.29, 0.717) is 12.1 Å². The third-order valence-corrected chi connectivity index (χ3v) is 5.19. The molecule has 1 fully saturated rings. The number of piperidine rings is 1. The largest absolute Gasteiger partial charge is 0.315 e. The molecule has 1 aliphatic rings. The van der Waals surface area contributed by atoms with Crippen molar-refractivity contribution in [3.63, 3.8) is 0 Å². The summed E-state index contributed by atoms with van der Waals surface area (Å²) in [5, 5.41) is 2.79. The van der Waals surface area contributed by atoms with Crippen LogP contribution in [-0.2, 0) is 15.6 Å². The van der Waals surface area contributed by atoms with E-state index in [2.05, 4.69) is 5.32 Å². The fourth-order valence-corrected chi connectivity index (χ4v) is 3.85. The lowest BCUT2D eigenvalue weighted by atomic mass is 10.2. The summed E-state index contributed by atoms with van der Waals surface area (Å²) in [6, 6.07) is 5.65. The summed E-state index contributed by atoms with van der Waals surface area (Å²) >= 11 is 0. The minimum Gasteiger partial charge on any atom is -0.315 e. The number of sulfone groups is 1. The third kappa shape index (κ3) is 3.26. The van der Waals surface area contributed by atoms with E-state index in [4.69, 9.17) is 0 Å². The van der Waals surface area contributed by atoms with Gasteiger partial charge in [0.25, 0.3) is 0 Å². The first-order valence-electron chi connectivity index (χ1n) is 5.75. The number of benzene rings is 1.